The molecule has 55 heavy (non-hydrogen) atoms. The quantitative estimate of drug-likeness (QED) is 0.301. The minimum Gasteiger partial charge on any atom is -0.460 e. The molecule has 3 atom stereocenters. The number of amides is 4. The molecule has 0 spiro atoms. The standard InChI is InChI=1S/C38H45Cl2N5O10/c1-38(2,3)55-32(48)20-28(30(46)22-54-37(52)33-25(39)6-4-7-26(33)40)42-35(50)29-8-5-15-44-31(47)14-13-27(36(51)45(29)44)41-34(49)24-11-9-23(10-12-24)21-43-16-18-53-19-17-43/h4,6-7,9-12,27-29H,5,8,13-22H2,1-3H3,(H,41,49)(H,42,50)/t27-,28-,29-/m0/s1. The van der Waals surface area contributed by atoms with Crippen LogP contribution >= 0.6 is 23.2 Å². The Morgan fingerprint density at radius 3 is 2.27 bits per heavy atom. The van der Waals surface area contributed by atoms with E-state index in [0.717, 1.165) is 23.7 Å². The number of hydrazine groups is 1. The maximum absolute atomic E-state index is 14.1. The summed E-state index contributed by atoms with van der Waals surface area (Å²) in [5.74, 6) is -5.13. The van der Waals surface area contributed by atoms with Crippen molar-refractivity contribution in [3.05, 3.63) is 69.2 Å². The van der Waals surface area contributed by atoms with Crippen molar-refractivity contribution in [2.75, 3.05) is 39.5 Å². The molecule has 4 amide bonds. The molecule has 3 saturated heterocycles. The summed E-state index contributed by atoms with van der Waals surface area (Å²) in [6.07, 6.45) is -0.233. The van der Waals surface area contributed by atoms with Crippen molar-refractivity contribution in [2.24, 2.45) is 0 Å². The molecule has 0 aromatic heterocycles. The van der Waals surface area contributed by atoms with Crippen molar-refractivity contribution < 1.29 is 47.8 Å². The number of hydrogen-bond donors (Lipinski definition) is 2. The third-order valence-corrected chi connectivity index (χ3v) is 9.83. The van der Waals surface area contributed by atoms with Crippen LogP contribution in [0.3, 0.4) is 0 Å². The number of fused-ring (bicyclic) bond motifs is 1. The molecule has 2 aromatic carbocycles. The van der Waals surface area contributed by atoms with E-state index in [2.05, 4.69) is 15.5 Å². The second-order valence-electron chi connectivity index (χ2n) is 14.5. The molecular formula is C38H45Cl2N5O10. The van der Waals surface area contributed by atoms with E-state index in [-0.39, 0.29) is 41.4 Å². The minimum absolute atomic E-state index is 0.000426. The molecule has 296 valence electrons. The van der Waals surface area contributed by atoms with E-state index >= 15 is 0 Å². The van der Waals surface area contributed by atoms with Crippen LogP contribution in [0.5, 0.6) is 0 Å². The maximum Gasteiger partial charge on any atom is 0.341 e. The highest BCUT2D eigenvalue weighted by molar-refractivity contribution is 6.39. The predicted octanol–water partition coefficient (Wildman–Crippen LogP) is 3.10. The molecule has 3 heterocycles. The van der Waals surface area contributed by atoms with E-state index in [0.29, 0.717) is 31.7 Å². The smallest absolute Gasteiger partial charge is 0.341 e. The molecule has 0 unspecified atom stereocenters. The number of carbonyl (C=O) groups is 7. The SMILES string of the molecule is CC(C)(C)OC(=O)C[C@H](NC(=O)[C@@H]1CCCN2C(=O)CC[C@H](NC(=O)c3ccc(CN4CCOCC4)cc3)C(=O)N12)C(=O)COC(=O)c1c(Cl)cccc1Cl. The van der Waals surface area contributed by atoms with E-state index in [1.807, 2.05) is 12.1 Å². The first-order valence-electron chi connectivity index (χ1n) is 18.1. The third-order valence-electron chi connectivity index (χ3n) is 9.20. The molecule has 17 heteroatoms. The number of ketones is 1. The van der Waals surface area contributed by atoms with E-state index in [4.69, 9.17) is 37.4 Å². The van der Waals surface area contributed by atoms with Crippen molar-refractivity contribution >= 4 is 64.6 Å². The summed E-state index contributed by atoms with van der Waals surface area (Å²) in [5, 5.41) is 7.50. The summed E-state index contributed by atoms with van der Waals surface area (Å²) in [5.41, 5.74) is 0.244. The second-order valence-corrected chi connectivity index (χ2v) is 15.3. The lowest BCUT2D eigenvalue weighted by molar-refractivity contribution is -0.176. The first-order chi connectivity index (χ1) is 26.1. The Bertz CT molecular complexity index is 1770. The number of benzene rings is 2. The first kappa shape index (κ1) is 41.6. The Morgan fingerprint density at radius 2 is 1.62 bits per heavy atom. The van der Waals surface area contributed by atoms with Gasteiger partial charge < -0.3 is 24.8 Å². The second kappa shape index (κ2) is 18.4. The number of halogens is 2. The van der Waals surface area contributed by atoms with E-state index < -0.39 is 78.1 Å². The Morgan fingerprint density at radius 1 is 0.945 bits per heavy atom. The fourth-order valence-electron chi connectivity index (χ4n) is 6.49. The number of nitrogens with one attached hydrogen (secondary N) is 2. The number of hydrogen-bond acceptors (Lipinski definition) is 11. The molecule has 0 aliphatic carbocycles. The van der Waals surface area contributed by atoms with Crippen LogP contribution in [0.25, 0.3) is 0 Å². The lowest BCUT2D eigenvalue weighted by Gasteiger charge is -2.43. The van der Waals surface area contributed by atoms with Gasteiger partial charge >= 0.3 is 11.9 Å². The summed E-state index contributed by atoms with van der Waals surface area (Å²) in [4.78, 5) is 96.2. The summed E-state index contributed by atoms with van der Waals surface area (Å²) in [6, 6.07) is 7.42. The highest BCUT2D eigenvalue weighted by Crippen LogP contribution is 2.27. The fourth-order valence-corrected chi connectivity index (χ4v) is 7.04. The third kappa shape index (κ3) is 11.0. The first-order valence-corrected chi connectivity index (χ1v) is 18.9. The molecule has 0 saturated carbocycles. The zero-order valence-corrected chi connectivity index (χ0v) is 32.5. The fraction of sp³-hybridized carbons (Fsp3) is 0.500. The van der Waals surface area contributed by atoms with Gasteiger partial charge in [0.05, 0.1) is 35.2 Å². The number of nitrogens with zero attached hydrogens (tertiary/aromatic N) is 3. The van der Waals surface area contributed by atoms with Crippen molar-refractivity contribution in [1.29, 1.82) is 0 Å². The number of ether oxygens (including phenoxy) is 3. The van der Waals surface area contributed by atoms with Crippen LogP contribution in [0.15, 0.2) is 42.5 Å². The number of esters is 2. The highest BCUT2D eigenvalue weighted by Gasteiger charge is 2.45. The van der Waals surface area contributed by atoms with Crippen molar-refractivity contribution in [3.8, 4) is 0 Å². The van der Waals surface area contributed by atoms with Gasteiger partial charge in [0.25, 0.3) is 11.8 Å². The van der Waals surface area contributed by atoms with E-state index in [9.17, 15) is 33.6 Å². The van der Waals surface area contributed by atoms with Gasteiger partial charge in [-0.1, -0.05) is 41.4 Å². The normalized spacial score (nSPS) is 19.8. The summed E-state index contributed by atoms with van der Waals surface area (Å²) in [6.45, 7) is 7.84. The van der Waals surface area contributed by atoms with Crippen LogP contribution in [0.2, 0.25) is 10.0 Å². The van der Waals surface area contributed by atoms with Gasteiger partial charge in [0.1, 0.15) is 23.7 Å². The van der Waals surface area contributed by atoms with Gasteiger partial charge in [-0.2, -0.15) is 0 Å². The molecule has 3 aliphatic rings. The van der Waals surface area contributed by atoms with Crippen molar-refractivity contribution in [3.63, 3.8) is 0 Å². The van der Waals surface area contributed by atoms with E-state index in [1.54, 1.807) is 32.9 Å². The topological polar surface area (TPSA) is 181 Å². The number of carbonyl (C=O) groups excluding carboxylic acids is 7. The van der Waals surface area contributed by atoms with Crippen molar-refractivity contribution in [1.82, 2.24) is 25.6 Å². The molecule has 15 nitrogen and oxygen atoms in total. The summed E-state index contributed by atoms with van der Waals surface area (Å²) < 4.78 is 16.0. The van der Waals surface area contributed by atoms with E-state index in [1.165, 1.54) is 23.2 Å². The molecule has 2 N–H and O–H groups in total. The molecular weight excluding hydrogens is 757 g/mol. The summed E-state index contributed by atoms with van der Waals surface area (Å²) in [7, 11) is 0. The molecule has 3 fully saturated rings. The maximum atomic E-state index is 14.1. The van der Waals surface area contributed by atoms with Gasteiger partial charge in [0.15, 0.2) is 12.4 Å². The van der Waals surface area contributed by atoms with Gasteiger partial charge in [-0.05, 0) is 69.9 Å². The molecule has 2 aromatic rings. The Labute approximate surface area is 328 Å². The van der Waals surface area contributed by atoms with Crippen LogP contribution in [-0.2, 0) is 44.7 Å². The molecule has 0 bridgehead atoms. The minimum atomic E-state index is -1.55. The van der Waals surface area contributed by atoms with Gasteiger partial charge in [0.2, 0.25) is 11.8 Å². The summed E-state index contributed by atoms with van der Waals surface area (Å²) >= 11 is 12.2. The lowest BCUT2D eigenvalue weighted by Crippen LogP contribution is -2.64. The zero-order chi connectivity index (χ0) is 39.9. The Balaban J connectivity index is 1.29. The van der Waals surface area contributed by atoms with Crippen LogP contribution in [0.1, 0.15) is 79.2 Å². The number of morpholine rings is 1. The van der Waals surface area contributed by atoms with Gasteiger partial charge in [-0.3, -0.25) is 38.7 Å². The van der Waals surface area contributed by atoms with Crippen LogP contribution < -0.4 is 10.6 Å². The molecule has 5 rings (SSSR count). The Kier molecular flexibility index (Phi) is 13.9. The molecule has 3 aliphatic heterocycles. The van der Waals surface area contributed by atoms with Gasteiger partial charge in [0, 0.05) is 38.2 Å². The highest BCUT2D eigenvalue weighted by atomic mass is 35.5. The molecule has 0 radical (unpaired) electrons. The zero-order valence-electron chi connectivity index (χ0n) is 30.9. The van der Waals surface area contributed by atoms with Crippen LogP contribution in [-0.4, -0.2) is 119 Å². The largest absolute Gasteiger partial charge is 0.460 e. The average molecular weight is 803 g/mol. The van der Waals surface area contributed by atoms with Crippen LogP contribution in [0.4, 0.5) is 0 Å². The number of rotatable bonds is 12. The Hall–Kier alpha value is -4.57. The monoisotopic (exact) mass is 801 g/mol. The average Bonchev–Trinajstić information content (AvgIpc) is 3.25. The van der Waals surface area contributed by atoms with Crippen molar-refractivity contribution in [2.45, 2.75) is 83.1 Å². The predicted molar refractivity (Wildman–Crippen MR) is 199 cm³/mol. The van der Waals surface area contributed by atoms with Gasteiger partial charge in [-0.25, -0.2) is 9.80 Å². The van der Waals surface area contributed by atoms with Crippen LogP contribution in [0, 0.1) is 0 Å². The van der Waals surface area contributed by atoms with Gasteiger partial charge in [-0.15, -0.1) is 0 Å². The number of Topliss-reactive ketones (excluding diaryl/α,β-unsaturated/α-hetero) is 1. The lowest BCUT2D eigenvalue weighted by atomic mass is 10.0.